The van der Waals surface area contributed by atoms with Crippen molar-refractivity contribution in [3.05, 3.63) is 11.8 Å². The molecule has 1 amide bonds. The standard InChI is InChI=1S/C21H34N6O/c1-17-15-19(24-21(23-17)27-11-3-2-4-12-27)25-13-7-18(8-14-25)22-16-20(28)26-9-5-6-10-26/h15,18,22H,2-14,16H2,1H3. The molecule has 7 heteroatoms. The smallest absolute Gasteiger partial charge is 0.236 e. The number of hydrogen-bond donors (Lipinski definition) is 1. The second-order valence-corrected chi connectivity index (χ2v) is 8.45. The molecule has 4 heterocycles. The number of carbonyl (C=O) groups is 1. The van der Waals surface area contributed by atoms with Crippen molar-refractivity contribution in [3.63, 3.8) is 0 Å². The van der Waals surface area contributed by atoms with Crippen LogP contribution in [-0.4, -0.2) is 72.6 Å². The summed E-state index contributed by atoms with van der Waals surface area (Å²) in [5.74, 6) is 2.21. The molecule has 0 aromatic carbocycles. The molecule has 0 bridgehead atoms. The highest BCUT2D eigenvalue weighted by atomic mass is 16.2. The highest BCUT2D eigenvalue weighted by molar-refractivity contribution is 5.78. The quantitative estimate of drug-likeness (QED) is 0.835. The zero-order chi connectivity index (χ0) is 19.3. The van der Waals surface area contributed by atoms with Crippen molar-refractivity contribution in [3.8, 4) is 0 Å². The van der Waals surface area contributed by atoms with E-state index < -0.39 is 0 Å². The number of amides is 1. The first-order chi connectivity index (χ1) is 13.7. The summed E-state index contributed by atoms with van der Waals surface area (Å²) in [5, 5.41) is 3.49. The molecule has 1 N–H and O–H groups in total. The molecular formula is C21H34N6O. The van der Waals surface area contributed by atoms with Crippen LogP contribution in [0, 0.1) is 6.92 Å². The van der Waals surface area contributed by atoms with Gasteiger partial charge in [0.2, 0.25) is 11.9 Å². The van der Waals surface area contributed by atoms with Crippen LogP contribution in [0.25, 0.3) is 0 Å². The number of rotatable bonds is 5. The van der Waals surface area contributed by atoms with E-state index in [1.165, 1.54) is 19.3 Å². The summed E-state index contributed by atoms with van der Waals surface area (Å²) < 4.78 is 0. The van der Waals surface area contributed by atoms with E-state index >= 15 is 0 Å². The second-order valence-electron chi connectivity index (χ2n) is 8.45. The number of hydrogen-bond acceptors (Lipinski definition) is 6. The fraction of sp³-hybridized carbons (Fsp3) is 0.762. The number of aromatic nitrogens is 2. The van der Waals surface area contributed by atoms with Crippen molar-refractivity contribution >= 4 is 17.7 Å². The van der Waals surface area contributed by atoms with Crippen molar-refractivity contribution in [2.45, 2.75) is 57.9 Å². The summed E-state index contributed by atoms with van der Waals surface area (Å²) in [5.41, 5.74) is 1.04. The van der Waals surface area contributed by atoms with Crippen molar-refractivity contribution in [1.29, 1.82) is 0 Å². The predicted octanol–water partition coefficient (Wildman–Crippen LogP) is 1.96. The molecule has 3 fully saturated rings. The zero-order valence-corrected chi connectivity index (χ0v) is 17.2. The van der Waals surface area contributed by atoms with Crippen LogP contribution in [0.15, 0.2) is 6.07 Å². The maximum atomic E-state index is 12.2. The van der Waals surface area contributed by atoms with Crippen LogP contribution in [0.1, 0.15) is 50.6 Å². The van der Waals surface area contributed by atoms with Gasteiger partial charge in [0.25, 0.3) is 0 Å². The molecule has 3 aliphatic rings. The number of carbonyl (C=O) groups excluding carboxylic acids is 1. The lowest BCUT2D eigenvalue weighted by atomic mass is 10.0. The Balaban J connectivity index is 1.29. The highest BCUT2D eigenvalue weighted by Crippen LogP contribution is 2.23. The van der Waals surface area contributed by atoms with Crippen molar-refractivity contribution in [1.82, 2.24) is 20.2 Å². The maximum absolute atomic E-state index is 12.2. The SMILES string of the molecule is Cc1cc(N2CCC(NCC(=O)N3CCCC3)CC2)nc(N2CCCCC2)n1. The Bertz CT molecular complexity index is 661. The van der Waals surface area contributed by atoms with E-state index in [1.54, 1.807) is 0 Å². The molecule has 3 saturated heterocycles. The van der Waals surface area contributed by atoms with E-state index in [-0.39, 0.29) is 5.91 Å². The van der Waals surface area contributed by atoms with E-state index in [4.69, 9.17) is 4.98 Å². The first-order valence-electron chi connectivity index (χ1n) is 11.1. The Morgan fingerprint density at radius 2 is 1.64 bits per heavy atom. The molecule has 0 saturated carbocycles. The van der Waals surface area contributed by atoms with Crippen LogP contribution in [0.3, 0.4) is 0 Å². The van der Waals surface area contributed by atoms with E-state index in [9.17, 15) is 4.79 Å². The van der Waals surface area contributed by atoms with E-state index in [0.717, 1.165) is 82.4 Å². The summed E-state index contributed by atoms with van der Waals surface area (Å²) in [7, 11) is 0. The molecule has 7 nitrogen and oxygen atoms in total. The van der Waals surface area contributed by atoms with Gasteiger partial charge in [0.15, 0.2) is 0 Å². The Morgan fingerprint density at radius 3 is 2.36 bits per heavy atom. The van der Waals surface area contributed by atoms with Crippen LogP contribution in [0.5, 0.6) is 0 Å². The molecule has 1 aromatic rings. The lowest BCUT2D eigenvalue weighted by Crippen LogP contribution is -2.46. The van der Waals surface area contributed by atoms with Gasteiger partial charge in [0, 0.05) is 57.1 Å². The average Bonchev–Trinajstić information content (AvgIpc) is 3.28. The third kappa shape index (κ3) is 4.74. The fourth-order valence-electron chi connectivity index (χ4n) is 4.56. The van der Waals surface area contributed by atoms with Gasteiger partial charge in [-0.3, -0.25) is 4.79 Å². The Hall–Kier alpha value is -1.89. The summed E-state index contributed by atoms with van der Waals surface area (Å²) in [6.07, 6.45) is 8.20. The fourth-order valence-corrected chi connectivity index (χ4v) is 4.56. The molecular weight excluding hydrogens is 352 g/mol. The molecule has 0 atom stereocenters. The van der Waals surface area contributed by atoms with Gasteiger partial charge in [-0.2, -0.15) is 4.98 Å². The molecule has 0 spiro atoms. The number of aryl methyl sites for hydroxylation is 1. The molecule has 1 aromatic heterocycles. The minimum atomic E-state index is 0.262. The van der Waals surface area contributed by atoms with Gasteiger partial charge in [0.1, 0.15) is 5.82 Å². The largest absolute Gasteiger partial charge is 0.356 e. The highest BCUT2D eigenvalue weighted by Gasteiger charge is 2.24. The Morgan fingerprint density at radius 1 is 0.964 bits per heavy atom. The van der Waals surface area contributed by atoms with Crippen LogP contribution < -0.4 is 15.1 Å². The summed E-state index contributed by atoms with van der Waals surface area (Å²) in [6, 6.07) is 2.53. The molecule has 3 aliphatic heterocycles. The number of nitrogens with zero attached hydrogens (tertiary/aromatic N) is 5. The first-order valence-corrected chi connectivity index (χ1v) is 11.1. The van der Waals surface area contributed by atoms with Crippen LogP contribution in [0.2, 0.25) is 0 Å². The number of nitrogens with one attached hydrogen (secondary N) is 1. The first kappa shape index (κ1) is 19.4. The molecule has 4 rings (SSSR count). The summed E-state index contributed by atoms with van der Waals surface area (Å²) in [6.45, 7) is 8.51. The molecule has 0 radical (unpaired) electrons. The minimum absolute atomic E-state index is 0.262. The van der Waals surface area contributed by atoms with Crippen LogP contribution >= 0.6 is 0 Å². The average molecular weight is 387 g/mol. The monoisotopic (exact) mass is 386 g/mol. The third-order valence-electron chi connectivity index (χ3n) is 6.29. The van der Waals surface area contributed by atoms with Crippen molar-refractivity contribution in [2.75, 3.05) is 55.6 Å². The van der Waals surface area contributed by atoms with Gasteiger partial charge in [0.05, 0.1) is 6.54 Å². The number of anilines is 2. The topological polar surface area (TPSA) is 64.6 Å². The van der Waals surface area contributed by atoms with Crippen molar-refractivity contribution in [2.24, 2.45) is 0 Å². The lowest BCUT2D eigenvalue weighted by Gasteiger charge is -2.34. The van der Waals surface area contributed by atoms with Gasteiger partial charge in [-0.15, -0.1) is 0 Å². The van der Waals surface area contributed by atoms with Crippen molar-refractivity contribution < 1.29 is 4.79 Å². The Kier molecular flexibility index (Phi) is 6.29. The lowest BCUT2D eigenvalue weighted by molar-refractivity contribution is -0.129. The van der Waals surface area contributed by atoms with Crippen LogP contribution in [-0.2, 0) is 4.79 Å². The summed E-state index contributed by atoms with van der Waals surface area (Å²) >= 11 is 0. The van der Waals surface area contributed by atoms with E-state index in [1.807, 2.05) is 4.90 Å². The van der Waals surface area contributed by atoms with Gasteiger partial charge >= 0.3 is 0 Å². The Labute approximate surface area is 168 Å². The maximum Gasteiger partial charge on any atom is 0.236 e. The van der Waals surface area contributed by atoms with E-state index in [2.05, 4.69) is 33.1 Å². The van der Waals surface area contributed by atoms with Gasteiger partial charge in [-0.25, -0.2) is 4.98 Å². The minimum Gasteiger partial charge on any atom is -0.356 e. The third-order valence-corrected chi connectivity index (χ3v) is 6.29. The zero-order valence-electron chi connectivity index (χ0n) is 17.2. The van der Waals surface area contributed by atoms with Gasteiger partial charge in [-0.1, -0.05) is 0 Å². The number of piperidine rings is 2. The van der Waals surface area contributed by atoms with Crippen LogP contribution in [0.4, 0.5) is 11.8 Å². The normalized spacial score (nSPS) is 21.4. The van der Waals surface area contributed by atoms with Gasteiger partial charge in [-0.05, 0) is 51.9 Å². The predicted molar refractivity (Wildman–Crippen MR) is 112 cm³/mol. The van der Waals surface area contributed by atoms with Gasteiger partial charge < -0.3 is 20.0 Å². The number of likely N-dealkylation sites (tertiary alicyclic amines) is 1. The molecule has 154 valence electrons. The van der Waals surface area contributed by atoms with E-state index in [0.29, 0.717) is 12.6 Å². The molecule has 0 aliphatic carbocycles. The second kappa shape index (κ2) is 9.07. The summed E-state index contributed by atoms with van der Waals surface area (Å²) in [4.78, 5) is 28.5. The molecule has 28 heavy (non-hydrogen) atoms. The molecule has 0 unspecified atom stereocenters.